The third kappa shape index (κ3) is 3.68. The number of hydrogen-bond acceptors (Lipinski definition) is 4. The average molecular weight is 366 g/mol. The van der Waals surface area contributed by atoms with Crippen molar-refractivity contribution in [2.45, 2.75) is 37.7 Å². The number of nitrogens with zero attached hydrogens (tertiary/aromatic N) is 3. The lowest BCUT2D eigenvalue weighted by molar-refractivity contribution is 0.163. The van der Waals surface area contributed by atoms with Gasteiger partial charge in [-0.2, -0.15) is 0 Å². The van der Waals surface area contributed by atoms with Crippen LogP contribution in [0.4, 0.5) is 14.6 Å². The minimum Gasteiger partial charge on any atom is -0.487 e. The van der Waals surface area contributed by atoms with Crippen LogP contribution in [0.3, 0.4) is 0 Å². The molecule has 2 aromatic rings. The summed E-state index contributed by atoms with van der Waals surface area (Å²) in [6.07, 6.45) is 5.43. The Morgan fingerprint density at radius 3 is 2.52 bits per heavy atom. The molecule has 7 heteroatoms. The van der Waals surface area contributed by atoms with E-state index in [4.69, 9.17) is 16.3 Å². The molecule has 1 aliphatic heterocycles. The smallest absolute Gasteiger partial charge is 0.171 e. The maximum absolute atomic E-state index is 13.7. The van der Waals surface area contributed by atoms with E-state index >= 15 is 0 Å². The average Bonchev–Trinajstić information content (AvgIpc) is 3.43. The molecule has 0 N–H and O–H groups in total. The van der Waals surface area contributed by atoms with Gasteiger partial charge in [0.1, 0.15) is 11.9 Å². The van der Waals surface area contributed by atoms with Crippen LogP contribution in [0.1, 0.15) is 37.3 Å². The predicted molar refractivity (Wildman–Crippen MR) is 91.2 cm³/mol. The molecular weight excluding hydrogens is 348 g/mol. The highest BCUT2D eigenvalue weighted by molar-refractivity contribution is 6.31. The lowest BCUT2D eigenvalue weighted by Gasteiger charge is -2.33. The Morgan fingerprint density at radius 2 is 1.88 bits per heavy atom. The standard InChI is InChI=1S/C18H18ClF2N3O/c19-17-18(22-10-15(23-17)11-1-2-11)24-7-5-13(6-8-24)25-16-4-3-12(20)9-14(16)21/h3-4,9-11,13H,1-2,5-8H2. The zero-order valence-electron chi connectivity index (χ0n) is 13.6. The summed E-state index contributed by atoms with van der Waals surface area (Å²) in [5.74, 6) is 0.0160. The second kappa shape index (κ2) is 6.75. The molecular formula is C18H18ClF2N3O. The maximum atomic E-state index is 13.7. The molecule has 0 unspecified atom stereocenters. The quantitative estimate of drug-likeness (QED) is 0.808. The molecule has 0 radical (unpaired) electrons. The van der Waals surface area contributed by atoms with E-state index in [0.717, 1.165) is 24.6 Å². The van der Waals surface area contributed by atoms with Crippen LogP contribution in [0.25, 0.3) is 0 Å². The van der Waals surface area contributed by atoms with Crippen molar-refractivity contribution in [2.24, 2.45) is 0 Å². The molecule has 2 heterocycles. The first kappa shape index (κ1) is 16.5. The van der Waals surface area contributed by atoms with Crippen LogP contribution >= 0.6 is 11.6 Å². The van der Waals surface area contributed by atoms with Crippen LogP contribution < -0.4 is 9.64 Å². The molecule has 1 aliphatic carbocycles. The lowest BCUT2D eigenvalue weighted by atomic mass is 10.1. The topological polar surface area (TPSA) is 38.2 Å². The van der Waals surface area contributed by atoms with Gasteiger partial charge in [-0.25, -0.2) is 18.7 Å². The van der Waals surface area contributed by atoms with Gasteiger partial charge in [-0.15, -0.1) is 0 Å². The van der Waals surface area contributed by atoms with Gasteiger partial charge in [0.2, 0.25) is 0 Å². The van der Waals surface area contributed by atoms with Crippen LogP contribution in [-0.4, -0.2) is 29.2 Å². The van der Waals surface area contributed by atoms with Crippen molar-refractivity contribution in [3.63, 3.8) is 0 Å². The van der Waals surface area contributed by atoms with E-state index in [0.29, 0.717) is 42.8 Å². The van der Waals surface area contributed by atoms with E-state index in [1.165, 1.54) is 12.1 Å². The summed E-state index contributed by atoms with van der Waals surface area (Å²) < 4.78 is 32.3. The van der Waals surface area contributed by atoms with Gasteiger partial charge < -0.3 is 9.64 Å². The number of rotatable bonds is 4. The largest absolute Gasteiger partial charge is 0.487 e. The van der Waals surface area contributed by atoms with Crippen LogP contribution in [0.5, 0.6) is 5.75 Å². The molecule has 25 heavy (non-hydrogen) atoms. The number of piperidine rings is 1. The molecule has 0 atom stereocenters. The van der Waals surface area contributed by atoms with Gasteiger partial charge in [0.15, 0.2) is 22.5 Å². The highest BCUT2D eigenvalue weighted by Crippen LogP contribution is 2.40. The first-order valence-electron chi connectivity index (χ1n) is 8.49. The zero-order chi connectivity index (χ0) is 17.4. The highest BCUT2D eigenvalue weighted by atomic mass is 35.5. The van der Waals surface area contributed by atoms with Gasteiger partial charge >= 0.3 is 0 Å². The van der Waals surface area contributed by atoms with Crippen molar-refractivity contribution in [1.29, 1.82) is 0 Å². The summed E-state index contributed by atoms with van der Waals surface area (Å²) >= 11 is 6.30. The number of aromatic nitrogens is 2. The molecule has 1 saturated carbocycles. The van der Waals surface area contributed by atoms with Crippen molar-refractivity contribution in [1.82, 2.24) is 9.97 Å². The van der Waals surface area contributed by atoms with Gasteiger partial charge in [-0.05, 0) is 25.0 Å². The summed E-state index contributed by atoms with van der Waals surface area (Å²) in [6.45, 7) is 1.40. The Morgan fingerprint density at radius 1 is 1.12 bits per heavy atom. The molecule has 1 aromatic heterocycles. The van der Waals surface area contributed by atoms with E-state index in [1.54, 1.807) is 0 Å². The summed E-state index contributed by atoms with van der Waals surface area (Å²) in [7, 11) is 0. The molecule has 2 aliphatic rings. The van der Waals surface area contributed by atoms with E-state index in [1.807, 2.05) is 6.20 Å². The molecule has 4 rings (SSSR count). The summed E-state index contributed by atoms with van der Waals surface area (Å²) in [5.41, 5.74) is 0.971. The minimum atomic E-state index is -0.674. The monoisotopic (exact) mass is 365 g/mol. The van der Waals surface area contributed by atoms with Gasteiger partial charge in [-0.3, -0.25) is 0 Å². The van der Waals surface area contributed by atoms with Crippen LogP contribution in [0, 0.1) is 11.6 Å². The van der Waals surface area contributed by atoms with Crippen molar-refractivity contribution in [3.05, 3.63) is 46.9 Å². The Bertz CT molecular complexity index is 777. The minimum absolute atomic E-state index is 0.0893. The Balaban J connectivity index is 1.38. The van der Waals surface area contributed by atoms with Gasteiger partial charge in [0, 0.05) is 37.9 Å². The summed E-state index contributed by atoms with van der Waals surface area (Å²) in [6, 6.07) is 3.36. The fourth-order valence-corrected chi connectivity index (χ4v) is 3.36. The van der Waals surface area contributed by atoms with Crippen molar-refractivity contribution < 1.29 is 13.5 Å². The number of benzene rings is 1. The van der Waals surface area contributed by atoms with Crippen LogP contribution in [-0.2, 0) is 0 Å². The molecule has 0 bridgehead atoms. The summed E-state index contributed by atoms with van der Waals surface area (Å²) in [4.78, 5) is 11.0. The Hall–Kier alpha value is -1.95. The van der Waals surface area contributed by atoms with E-state index < -0.39 is 11.6 Å². The normalized spacial score (nSPS) is 18.4. The lowest BCUT2D eigenvalue weighted by Crippen LogP contribution is -2.39. The molecule has 1 saturated heterocycles. The SMILES string of the molecule is Fc1ccc(OC2CCN(c3ncc(C4CC4)nc3Cl)CC2)c(F)c1. The molecule has 0 spiro atoms. The third-order valence-electron chi connectivity index (χ3n) is 4.66. The van der Waals surface area contributed by atoms with Crippen molar-refractivity contribution in [3.8, 4) is 5.75 Å². The molecule has 4 nitrogen and oxygen atoms in total. The second-order valence-corrected chi connectivity index (χ2v) is 6.92. The maximum Gasteiger partial charge on any atom is 0.171 e. The fraction of sp³-hybridized carbons (Fsp3) is 0.444. The van der Waals surface area contributed by atoms with Crippen molar-refractivity contribution >= 4 is 17.4 Å². The van der Waals surface area contributed by atoms with Crippen molar-refractivity contribution in [2.75, 3.05) is 18.0 Å². The first-order valence-corrected chi connectivity index (χ1v) is 8.87. The second-order valence-electron chi connectivity index (χ2n) is 6.56. The first-order chi connectivity index (χ1) is 12.1. The van der Waals surface area contributed by atoms with Crippen LogP contribution in [0.2, 0.25) is 5.15 Å². The van der Waals surface area contributed by atoms with E-state index in [-0.39, 0.29) is 11.9 Å². The molecule has 132 valence electrons. The van der Waals surface area contributed by atoms with Gasteiger partial charge in [-0.1, -0.05) is 11.6 Å². The Kier molecular flexibility index (Phi) is 4.46. The Labute approximate surface area is 149 Å². The van der Waals surface area contributed by atoms with Crippen LogP contribution in [0.15, 0.2) is 24.4 Å². The molecule has 1 aromatic carbocycles. The van der Waals surface area contributed by atoms with Gasteiger partial charge in [0.25, 0.3) is 0 Å². The number of hydrogen-bond donors (Lipinski definition) is 0. The van der Waals surface area contributed by atoms with E-state index in [9.17, 15) is 8.78 Å². The number of anilines is 1. The number of halogens is 3. The zero-order valence-corrected chi connectivity index (χ0v) is 14.3. The third-order valence-corrected chi connectivity index (χ3v) is 4.91. The number of ether oxygens (including phenoxy) is 1. The summed E-state index contributed by atoms with van der Waals surface area (Å²) in [5, 5.41) is 0.438. The predicted octanol–water partition coefficient (Wildman–Crippen LogP) is 4.33. The highest BCUT2D eigenvalue weighted by Gasteiger charge is 2.28. The molecule has 2 fully saturated rings. The van der Waals surface area contributed by atoms with Gasteiger partial charge in [0.05, 0.1) is 11.9 Å². The fourth-order valence-electron chi connectivity index (χ4n) is 3.10. The van der Waals surface area contributed by atoms with E-state index in [2.05, 4.69) is 14.9 Å². The molecule has 0 amide bonds.